The molecule has 10 heteroatoms. The van der Waals surface area contributed by atoms with Crippen LogP contribution in [0.5, 0.6) is 0 Å². The average Bonchev–Trinajstić information content (AvgIpc) is 3.60. The van der Waals surface area contributed by atoms with Gasteiger partial charge in [0.2, 0.25) is 11.8 Å². The number of amides is 3. The summed E-state index contributed by atoms with van der Waals surface area (Å²) in [4.78, 5) is 43.1. The molecule has 3 amide bonds. The van der Waals surface area contributed by atoms with Gasteiger partial charge >= 0.3 is 0 Å². The SMILES string of the molecule is COCC(=O)N(C1CC1)C1CCN(C(=O)c2cc(C)on2)[C@@H](C(=O)NCC2CCC(CN)CC2)C1. The van der Waals surface area contributed by atoms with Crippen molar-refractivity contribution in [3.63, 3.8) is 0 Å². The van der Waals surface area contributed by atoms with E-state index >= 15 is 0 Å². The van der Waals surface area contributed by atoms with Crippen LogP contribution in [0, 0.1) is 18.8 Å². The van der Waals surface area contributed by atoms with Gasteiger partial charge in [0.1, 0.15) is 18.4 Å². The molecule has 4 rings (SSSR count). The third-order valence-electron chi connectivity index (χ3n) is 7.74. The minimum atomic E-state index is -0.671. The van der Waals surface area contributed by atoms with Crippen LogP contribution in [0.1, 0.15) is 67.6 Å². The van der Waals surface area contributed by atoms with Crippen LogP contribution >= 0.6 is 0 Å². The molecule has 0 radical (unpaired) electrons. The van der Waals surface area contributed by atoms with Gasteiger partial charge in [-0.3, -0.25) is 14.4 Å². The second kappa shape index (κ2) is 11.5. The fourth-order valence-electron chi connectivity index (χ4n) is 5.60. The number of nitrogens with two attached hydrogens (primary N) is 1. The predicted octanol–water partition coefficient (Wildman–Crippen LogP) is 1.47. The lowest BCUT2D eigenvalue weighted by Gasteiger charge is -2.43. The summed E-state index contributed by atoms with van der Waals surface area (Å²) in [7, 11) is 1.52. The Morgan fingerprint density at radius 3 is 2.46 bits per heavy atom. The summed E-state index contributed by atoms with van der Waals surface area (Å²) in [6.45, 7) is 3.45. The molecule has 3 aliphatic rings. The maximum atomic E-state index is 13.5. The summed E-state index contributed by atoms with van der Waals surface area (Å²) in [6.07, 6.45) is 7.24. The van der Waals surface area contributed by atoms with Crippen LogP contribution in [-0.2, 0) is 14.3 Å². The van der Waals surface area contributed by atoms with Crippen LogP contribution in [0.25, 0.3) is 0 Å². The maximum absolute atomic E-state index is 13.5. The van der Waals surface area contributed by atoms with Crippen LogP contribution < -0.4 is 11.1 Å². The molecule has 10 nitrogen and oxygen atoms in total. The van der Waals surface area contributed by atoms with E-state index in [1.807, 2.05) is 4.90 Å². The van der Waals surface area contributed by atoms with Gasteiger partial charge in [-0.25, -0.2) is 0 Å². The number of piperidine rings is 1. The largest absolute Gasteiger partial charge is 0.375 e. The van der Waals surface area contributed by atoms with Gasteiger partial charge in [0.25, 0.3) is 5.91 Å². The van der Waals surface area contributed by atoms with Crippen molar-refractivity contribution in [2.75, 3.05) is 33.4 Å². The van der Waals surface area contributed by atoms with Crippen molar-refractivity contribution >= 4 is 17.7 Å². The lowest BCUT2D eigenvalue weighted by atomic mass is 9.82. The number of rotatable bonds is 9. The molecule has 2 heterocycles. The molecule has 1 aromatic heterocycles. The highest BCUT2D eigenvalue weighted by Gasteiger charge is 2.44. The van der Waals surface area contributed by atoms with E-state index in [-0.39, 0.29) is 42.1 Å². The van der Waals surface area contributed by atoms with Gasteiger partial charge in [0.05, 0.1) is 0 Å². The first-order valence-corrected chi connectivity index (χ1v) is 12.9. The zero-order valence-corrected chi connectivity index (χ0v) is 20.9. The van der Waals surface area contributed by atoms with Crippen molar-refractivity contribution in [1.29, 1.82) is 0 Å². The number of carbonyl (C=O) groups is 3. The minimum absolute atomic E-state index is 0.0240. The lowest BCUT2D eigenvalue weighted by Crippen LogP contribution is -2.59. The first kappa shape index (κ1) is 25.6. The Kier molecular flexibility index (Phi) is 8.43. The number of likely N-dealkylation sites (tertiary alicyclic amines) is 1. The molecule has 1 aliphatic heterocycles. The monoisotopic (exact) mass is 489 g/mol. The second-order valence-electron chi connectivity index (χ2n) is 10.3. The van der Waals surface area contributed by atoms with Crippen molar-refractivity contribution in [2.24, 2.45) is 17.6 Å². The smallest absolute Gasteiger partial charge is 0.276 e. The zero-order valence-electron chi connectivity index (χ0n) is 20.9. The van der Waals surface area contributed by atoms with E-state index in [0.717, 1.165) is 45.1 Å². The van der Waals surface area contributed by atoms with Crippen molar-refractivity contribution in [3.8, 4) is 0 Å². The molecule has 0 bridgehead atoms. The summed E-state index contributed by atoms with van der Waals surface area (Å²) < 4.78 is 10.2. The van der Waals surface area contributed by atoms with Gasteiger partial charge < -0.3 is 30.1 Å². The Hall–Kier alpha value is -2.46. The fraction of sp³-hybridized carbons (Fsp3) is 0.760. The minimum Gasteiger partial charge on any atom is -0.375 e. The normalized spacial score (nSPS) is 26.9. The molecule has 3 fully saturated rings. The van der Waals surface area contributed by atoms with Crippen LogP contribution in [-0.4, -0.2) is 84.2 Å². The Bertz CT molecular complexity index is 893. The Labute approximate surface area is 206 Å². The maximum Gasteiger partial charge on any atom is 0.276 e. The second-order valence-corrected chi connectivity index (χ2v) is 10.3. The Morgan fingerprint density at radius 1 is 1.14 bits per heavy atom. The molecule has 35 heavy (non-hydrogen) atoms. The quantitative estimate of drug-likeness (QED) is 0.537. The first-order chi connectivity index (χ1) is 16.9. The van der Waals surface area contributed by atoms with Gasteiger partial charge in [-0.2, -0.15) is 0 Å². The number of ether oxygens (including phenoxy) is 1. The van der Waals surface area contributed by atoms with E-state index in [9.17, 15) is 14.4 Å². The third kappa shape index (κ3) is 6.22. The van der Waals surface area contributed by atoms with Gasteiger partial charge in [-0.05, 0) is 76.7 Å². The molecule has 0 spiro atoms. The van der Waals surface area contributed by atoms with Crippen LogP contribution in [0.15, 0.2) is 10.6 Å². The summed E-state index contributed by atoms with van der Waals surface area (Å²) in [5, 5.41) is 6.99. The average molecular weight is 490 g/mol. The summed E-state index contributed by atoms with van der Waals surface area (Å²) in [6, 6.07) is 1.02. The molecule has 1 aromatic rings. The first-order valence-electron chi connectivity index (χ1n) is 12.9. The lowest BCUT2D eigenvalue weighted by molar-refractivity contribution is -0.141. The Morgan fingerprint density at radius 2 is 1.86 bits per heavy atom. The standard InChI is InChI=1S/C25H39N5O5/c1-16-11-21(28-35-16)25(33)29-10-9-20(30(19-7-8-19)23(31)15-34-2)12-22(29)24(32)27-14-18-5-3-17(13-26)4-6-18/h11,17-20,22H,3-10,12-15,26H2,1-2H3,(H,27,32)/t17?,18?,20?,22-/m1/s1. The van der Waals surface area contributed by atoms with Crippen LogP contribution in [0.3, 0.4) is 0 Å². The highest BCUT2D eigenvalue weighted by molar-refractivity contribution is 5.96. The van der Waals surface area contributed by atoms with E-state index in [4.69, 9.17) is 15.0 Å². The van der Waals surface area contributed by atoms with Crippen molar-refractivity contribution in [2.45, 2.75) is 76.4 Å². The molecule has 2 atom stereocenters. The Balaban J connectivity index is 1.46. The highest BCUT2D eigenvalue weighted by atomic mass is 16.5. The van der Waals surface area contributed by atoms with Crippen molar-refractivity contribution in [1.82, 2.24) is 20.3 Å². The summed E-state index contributed by atoms with van der Waals surface area (Å²) in [5.74, 6) is 1.02. The van der Waals surface area contributed by atoms with E-state index in [1.54, 1.807) is 17.9 Å². The predicted molar refractivity (Wildman–Crippen MR) is 128 cm³/mol. The van der Waals surface area contributed by atoms with E-state index < -0.39 is 6.04 Å². The number of aryl methyl sites for hydroxylation is 1. The third-order valence-corrected chi connectivity index (χ3v) is 7.74. The zero-order chi connectivity index (χ0) is 24.9. The fourth-order valence-corrected chi connectivity index (χ4v) is 5.60. The van der Waals surface area contributed by atoms with Gasteiger partial charge in [0.15, 0.2) is 5.69 Å². The molecule has 194 valence electrons. The molecular weight excluding hydrogens is 450 g/mol. The van der Waals surface area contributed by atoms with Crippen LogP contribution in [0.2, 0.25) is 0 Å². The summed E-state index contributed by atoms with van der Waals surface area (Å²) in [5.41, 5.74) is 6.01. The molecule has 0 aromatic carbocycles. The van der Waals surface area contributed by atoms with Crippen LogP contribution in [0.4, 0.5) is 0 Å². The molecule has 1 saturated heterocycles. The highest BCUT2D eigenvalue weighted by Crippen LogP contribution is 2.34. The molecule has 1 unspecified atom stereocenters. The van der Waals surface area contributed by atoms with Crippen molar-refractivity contribution in [3.05, 3.63) is 17.5 Å². The molecule has 3 N–H and O–H groups in total. The number of aromatic nitrogens is 1. The van der Waals surface area contributed by atoms with E-state index in [0.29, 0.717) is 43.5 Å². The topological polar surface area (TPSA) is 131 Å². The molecule has 2 saturated carbocycles. The number of nitrogens with one attached hydrogen (secondary N) is 1. The van der Waals surface area contributed by atoms with Gasteiger partial charge in [-0.1, -0.05) is 5.16 Å². The number of hydrogen-bond acceptors (Lipinski definition) is 7. The number of nitrogens with zero attached hydrogens (tertiary/aromatic N) is 3. The van der Waals surface area contributed by atoms with Crippen molar-refractivity contribution < 1.29 is 23.6 Å². The van der Waals surface area contributed by atoms with E-state index in [1.165, 1.54) is 7.11 Å². The van der Waals surface area contributed by atoms with Gasteiger partial charge in [0, 0.05) is 38.3 Å². The number of hydrogen-bond donors (Lipinski definition) is 2. The van der Waals surface area contributed by atoms with E-state index in [2.05, 4.69) is 10.5 Å². The van der Waals surface area contributed by atoms with Gasteiger partial charge in [-0.15, -0.1) is 0 Å². The molecular formula is C25H39N5O5. The number of methoxy groups -OCH3 is 1. The summed E-state index contributed by atoms with van der Waals surface area (Å²) >= 11 is 0. The number of carbonyl (C=O) groups excluding carboxylic acids is 3. The molecule has 2 aliphatic carbocycles.